The normalized spacial score (nSPS) is 18.1. The molecule has 1 fully saturated rings. The molecular formula is C26H34IN5O. The molecule has 0 aliphatic carbocycles. The van der Waals surface area contributed by atoms with Crippen LogP contribution < -0.4 is 10.6 Å². The van der Waals surface area contributed by atoms with Gasteiger partial charge in [0, 0.05) is 31.3 Å². The first-order chi connectivity index (χ1) is 15.7. The summed E-state index contributed by atoms with van der Waals surface area (Å²) in [4.78, 5) is 4.88. The Morgan fingerprint density at radius 1 is 1.09 bits per heavy atom. The number of halogens is 1. The zero-order valence-electron chi connectivity index (χ0n) is 19.6. The lowest BCUT2D eigenvalue weighted by Crippen LogP contribution is -2.40. The van der Waals surface area contributed by atoms with E-state index in [9.17, 15) is 0 Å². The third-order valence-corrected chi connectivity index (χ3v) is 5.86. The van der Waals surface area contributed by atoms with Gasteiger partial charge < -0.3 is 15.4 Å². The molecule has 176 valence electrons. The van der Waals surface area contributed by atoms with Crippen LogP contribution in [-0.2, 0) is 11.3 Å². The van der Waals surface area contributed by atoms with Gasteiger partial charge in [-0.3, -0.25) is 0 Å². The van der Waals surface area contributed by atoms with Gasteiger partial charge >= 0.3 is 0 Å². The summed E-state index contributed by atoms with van der Waals surface area (Å²) < 4.78 is 8.04. The Morgan fingerprint density at radius 3 is 2.58 bits per heavy atom. The minimum atomic E-state index is 0. The molecule has 1 aliphatic heterocycles. The Morgan fingerprint density at radius 2 is 1.85 bits per heavy atom. The summed E-state index contributed by atoms with van der Waals surface area (Å²) in [5.41, 5.74) is 5.60. The van der Waals surface area contributed by atoms with Crippen LogP contribution in [0.1, 0.15) is 42.0 Å². The number of nitrogens with zero attached hydrogens (tertiary/aromatic N) is 3. The summed E-state index contributed by atoms with van der Waals surface area (Å²) in [5.74, 6) is 1.25. The molecule has 33 heavy (non-hydrogen) atoms. The van der Waals surface area contributed by atoms with Gasteiger partial charge in [-0.1, -0.05) is 48.5 Å². The van der Waals surface area contributed by atoms with E-state index in [1.165, 1.54) is 5.56 Å². The molecule has 1 aliphatic rings. The van der Waals surface area contributed by atoms with Gasteiger partial charge in [0.05, 0.1) is 24.0 Å². The molecule has 6 nitrogen and oxygen atoms in total. The second-order valence-corrected chi connectivity index (χ2v) is 8.29. The van der Waals surface area contributed by atoms with Crippen LogP contribution in [0.15, 0.2) is 65.7 Å². The largest absolute Gasteiger partial charge is 0.373 e. The van der Waals surface area contributed by atoms with Gasteiger partial charge in [-0.25, -0.2) is 9.67 Å². The summed E-state index contributed by atoms with van der Waals surface area (Å²) >= 11 is 0. The summed E-state index contributed by atoms with van der Waals surface area (Å²) in [6.45, 7) is 9.21. The fourth-order valence-corrected chi connectivity index (χ4v) is 4.31. The number of guanidine groups is 1. The second kappa shape index (κ2) is 12.2. The molecule has 7 heteroatoms. The van der Waals surface area contributed by atoms with Crippen molar-refractivity contribution in [3.8, 4) is 5.69 Å². The minimum absolute atomic E-state index is 0. The Labute approximate surface area is 213 Å². The van der Waals surface area contributed by atoms with Crippen molar-refractivity contribution in [3.05, 3.63) is 83.2 Å². The smallest absolute Gasteiger partial charge is 0.191 e. The van der Waals surface area contributed by atoms with Gasteiger partial charge in [-0.15, -0.1) is 24.0 Å². The lowest BCUT2D eigenvalue weighted by atomic mass is 9.95. The SMILES string of the molecule is CCNC(=NCc1ccccc1-n1nc(C)cc1C)NCC1CCOC1c1ccccc1.I. The molecule has 2 atom stereocenters. The third-order valence-electron chi connectivity index (χ3n) is 5.86. The van der Waals surface area contributed by atoms with Crippen molar-refractivity contribution in [1.82, 2.24) is 20.4 Å². The molecular weight excluding hydrogens is 525 g/mol. The van der Waals surface area contributed by atoms with Gasteiger partial charge in [0.25, 0.3) is 0 Å². The summed E-state index contributed by atoms with van der Waals surface area (Å²) in [5, 5.41) is 11.6. The maximum atomic E-state index is 6.04. The fourth-order valence-electron chi connectivity index (χ4n) is 4.31. The number of para-hydroxylation sites is 1. The van der Waals surface area contributed by atoms with E-state index >= 15 is 0 Å². The molecule has 2 aromatic carbocycles. The number of aliphatic imine (C=N–C) groups is 1. The lowest BCUT2D eigenvalue weighted by molar-refractivity contribution is 0.0915. The predicted molar refractivity (Wildman–Crippen MR) is 145 cm³/mol. The minimum Gasteiger partial charge on any atom is -0.373 e. The Hall–Kier alpha value is -2.39. The molecule has 1 saturated heterocycles. The Balaban J connectivity index is 0.00000306. The van der Waals surface area contributed by atoms with Gasteiger partial charge in [0.15, 0.2) is 5.96 Å². The van der Waals surface area contributed by atoms with Gasteiger partial charge in [-0.2, -0.15) is 5.10 Å². The van der Waals surface area contributed by atoms with Gasteiger partial charge in [0.1, 0.15) is 0 Å². The van der Waals surface area contributed by atoms with Crippen molar-refractivity contribution in [3.63, 3.8) is 0 Å². The summed E-state index contributed by atoms with van der Waals surface area (Å²) in [6.07, 6.45) is 1.19. The molecule has 2 heterocycles. The van der Waals surface area contributed by atoms with E-state index in [-0.39, 0.29) is 30.1 Å². The van der Waals surface area contributed by atoms with Crippen molar-refractivity contribution in [1.29, 1.82) is 0 Å². The molecule has 0 amide bonds. The first-order valence-electron chi connectivity index (χ1n) is 11.5. The van der Waals surface area contributed by atoms with Crippen LogP contribution in [0.2, 0.25) is 0 Å². The molecule has 2 N–H and O–H groups in total. The molecule has 0 bridgehead atoms. The Bertz CT molecular complexity index is 1050. The van der Waals surface area contributed by atoms with E-state index in [1.54, 1.807) is 0 Å². The summed E-state index contributed by atoms with van der Waals surface area (Å²) in [7, 11) is 0. The van der Waals surface area contributed by atoms with Crippen LogP contribution in [-0.4, -0.2) is 35.4 Å². The fraction of sp³-hybridized carbons (Fsp3) is 0.385. The topological polar surface area (TPSA) is 63.5 Å². The number of nitrogens with one attached hydrogen (secondary N) is 2. The van der Waals surface area contributed by atoms with Gasteiger partial charge in [-0.05, 0) is 50.5 Å². The highest BCUT2D eigenvalue weighted by Gasteiger charge is 2.29. The number of benzene rings is 2. The quantitative estimate of drug-likeness (QED) is 0.245. The van der Waals surface area contributed by atoms with Crippen LogP contribution in [0.25, 0.3) is 5.69 Å². The van der Waals surface area contributed by atoms with Crippen molar-refractivity contribution in [2.75, 3.05) is 19.7 Å². The first kappa shape index (κ1) is 25.2. The molecule has 0 saturated carbocycles. The number of hydrogen-bond donors (Lipinski definition) is 2. The highest BCUT2D eigenvalue weighted by Crippen LogP contribution is 2.33. The van der Waals surface area contributed by atoms with E-state index < -0.39 is 0 Å². The summed E-state index contributed by atoms with van der Waals surface area (Å²) in [6, 6.07) is 20.9. The van der Waals surface area contributed by atoms with Crippen molar-refractivity contribution in [2.45, 2.75) is 39.8 Å². The van der Waals surface area contributed by atoms with Gasteiger partial charge in [0.2, 0.25) is 0 Å². The van der Waals surface area contributed by atoms with E-state index in [1.807, 2.05) is 23.7 Å². The molecule has 1 aromatic heterocycles. The predicted octanol–water partition coefficient (Wildman–Crippen LogP) is 4.94. The van der Waals surface area contributed by atoms with Crippen LogP contribution in [0.5, 0.6) is 0 Å². The average molecular weight is 559 g/mol. The van der Waals surface area contributed by atoms with Crippen LogP contribution >= 0.6 is 24.0 Å². The third kappa shape index (κ3) is 6.35. The number of ether oxygens (including phenoxy) is 1. The van der Waals surface area contributed by atoms with Crippen molar-refractivity contribution < 1.29 is 4.74 Å². The Kier molecular flexibility index (Phi) is 9.31. The maximum Gasteiger partial charge on any atom is 0.191 e. The molecule has 2 unspecified atom stereocenters. The highest BCUT2D eigenvalue weighted by molar-refractivity contribution is 14.0. The monoisotopic (exact) mass is 559 g/mol. The van der Waals surface area contributed by atoms with Crippen LogP contribution in [0, 0.1) is 19.8 Å². The molecule has 0 radical (unpaired) electrons. The van der Waals surface area contributed by atoms with Crippen molar-refractivity contribution >= 4 is 29.9 Å². The lowest BCUT2D eigenvalue weighted by Gasteiger charge is -2.21. The van der Waals surface area contributed by atoms with Crippen LogP contribution in [0.3, 0.4) is 0 Å². The zero-order chi connectivity index (χ0) is 22.3. The number of rotatable bonds is 7. The molecule has 0 spiro atoms. The van der Waals surface area contributed by atoms with Crippen LogP contribution in [0.4, 0.5) is 0 Å². The van der Waals surface area contributed by atoms with E-state index in [2.05, 4.69) is 78.1 Å². The number of hydrogen-bond acceptors (Lipinski definition) is 3. The zero-order valence-corrected chi connectivity index (χ0v) is 22.0. The number of aromatic nitrogens is 2. The second-order valence-electron chi connectivity index (χ2n) is 8.29. The first-order valence-corrected chi connectivity index (χ1v) is 11.5. The maximum absolute atomic E-state index is 6.04. The molecule has 4 rings (SSSR count). The number of aryl methyl sites for hydroxylation is 2. The van der Waals surface area contributed by atoms with E-state index in [0.29, 0.717) is 12.5 Å². The molecule has 3 aromatic rings. The van der Waals surface area contributed by atoms with Crippen molar-refractivity contribution in [2.24, 2.45) is 10.9 Å². The van der Waals surface area contributed by atoms with E-state index in [0.717, 1.165) is 54.7 Å². The highest BCUT2D eigenvalue weighted by atomic mass is 127. The van der Waals surface area contributed by atoms with E-state index in [4.69, 9.17) is 9.73 Å². The average Bonchev–Trinajstić information content (AvgIpc) is 3.42. The standard InChI is InChI=1S/C26H33N5O.HI/c1-4-27-26(29-18-23-14-15-32-25(23)21-10-6-5-7-11-21)28-17-22-12-8-9-13-24(22)31-20(3)16-19(2)30-31;/h5-13,16,23,25H,4,14-15,17-18H2,1-3H3,(H2,27,28,29);1H.